The maximum Gasteiger partial charge on any atom is 0.407 e. The van der Waals surface area contributed by atoms with E-state index in [4.69, 9.17) is 35.0 Å². The molecular formula is C58H68N16O7. The fourth-order valence-corrected chi connectivity index (χ4v) is 9.94. The summed E-state index contributed by atoms with van der Waals surface area (Å²) in [7, 11) is 1.00. The predicted octanol–water partition coefficient (Wildman–Crippen LogP) is 6.74. The lowest BCUT2D eigenvalue weighted by Crippen LogP contribution is -2.60. The number of carbonyl (C=O) groups is 3. The number of alkyl carbamates (subject to hydrolysis) is 1. The molecule has 2 aromatic carbocycles. The van der Waals surface area contributed by atoms with Crippen molar-refractivity contribution >= 4 is 87.0 Å². The number of fused-ring (bicyclic) bond motifs is 2. The van der Waals surface area contributed by atoms with E-state index < -0.39 is 17.7 Å². The van der Waals surface area contributed by atoms with E-state index in [1.54, 1.807) is 12.4 Å². The molecule has 422 valence electrons. The first-order chi connectivity index (χ1) is 39.3. The molecule has 6 aliphatic heterocycles. The van der Waals surface area contributed by atoms with Crippen molar-refractivity contribution in [3.8, 4) is 0 Å². The molecule has 8 N–H and O–H groups in total. The number of rotatable bonds is 11. The van der Waals surface area contributed by atoms with E-state index in [9.17, 15) is 14.4 Å². The van der Waals surface area contributed by atoms with Crippen molar-refractivity contribution in [2.45, 2.75) is 51.3 Å². The van der Waals surface area contributed by atoms with Crippen molar-refractivity contribution in [1.29, 1.82) is 0 Å². The minimum atomic E-state index is -0.537. The van der Waals surface area contributed by atoms with Gasteiger partial charge in [-0.25, -0.2) is 44.3 Å². The zero-order chi connectivity index (χ0) is 56.5. The molecule has 0 saturated carbocycles. The van der Waals surface area contributed by atoms with Crippen LogP contribution in [0.2, 0.25) is 0 Å². The molecule has 10 heterocycles. The van der Waals surface area contributed by atoms with Gasteiger partial charge in [0, 0.05) is 138 Å². The lowest BCUT2D eigenvalue weighted by atomic mass is 10.0. The van der Waals surface area contributed by atoms with E-state index in [0.29, 0.717) is 62.5 Å². The summed E-state index contributed by atoms with van der Waals surface area (Å²) in [4.78, 5) is 73.6. The molecule has 0 atom stereocenters. The minimum absolute atomic E-state index is 0.00135. The number of nitrogens with one attached hydrogen (secondary N) is 5. The van der Waals surface area contributed by atoms with E-state index in [-0.39, 0.29) is 18.1 Å². The molecular weight excluding hydrogens is 1030 g/mol. The largest absolute Gasteiger partial charge is 0.444 e. The number of pyridine rings is 4. The third-order valence-corrected chi connectivity index (χ3v) is 14.0. The molecule has 0 unspecified atom stereocenters. The van der Waals surface area contributed by atoms with Crippen molar-refractivity contribution in [1.82, 2.24) is 25.3 Å². The number of aromatic nitrogens is 4. The van der Waals surface area contributed by atoms with Crippen LogP contribution in [-0.4, -0.2) is 158 Å². The van der Waals surface area contributed by atoms with Crippen LogP contribution in [0.3, 0.4) is 0 Å². The number of aliphatic hydroxyl groups is 1. The second-order valence-electron chi connectivity index (χ2n) is 21.0. The first-order valence-electron chi connectivity index (χ1n) is 27.1. The van der Waals surface area contributed by atoms with Crippen molar-refractivity contribution < 1.29 is 33.7 Å². The molecule has 4 aromatic heterocycles. The third kappa shape index (κ3) is 14.0. The number of morpholine rings is 2. The van der Waals surface area contributed by atoms with E-state index in [1.165, 1.54) is 5.56 Å². The Kier molecular flexibility index (Phi) is 17.2. The van der Waals surface area contributed by atoms with Gasteiger partial charge in [-0.15, -0.1) is 0 Å². The van der Waals surface area contributed by atoms with E-state index in [1.807, 2.05) is 118 Å². The Morgan fingerprint density at radius 1 is 0.568 bits per heavy atom. The minimum Gasteiger partial charge on any atom is -0.444 e. The maximum atomic E-state index is 12.7. The molecule has 6 aliphatic rings. The standard InChI is InChI=1S/C31H36N8O4.C26H28N8O2.CH4O/c1-31(2,3)43-30(41)35-23-18-39(19-23)24-9-11-32-26(17-24)37-29(40)34-22-6-4-20(5-7-22)25-16-21-8-10-33-28(27(21)36-25)38-12-14-42-15-13-38;27-19-15-34(16-19)21-6-8-28-23(14-21)32-26(35)30-20-3-1-17(2-4-20)22-13-18-5-7-29-25(24(18)31-22)33-9-11-36-12-10-33;1-2/h4-11,17,23H,12-16,18-19H2,1-3H3,(H,35,41)(H2,32,34,37,40);1-8,14,19H,9-13,15-16,27H2,(H2,28,30,32,35);2H,1H3. The van der Waals surface area contributed by atoms with Crippen molar-refractivity contribution in [2.24, 2.45) is 15.7 Å². The second kappa shape index (κ2) is 25.1. The highest BCUT2D eigenvalue weighted by molar-refractivity contribution is 6.09. The number of nitrogens with two attached hydrogens (primary N) is 1. The highest BCUT2D eigenvalue weighted by Crippen LogP contribution is 2.38. The summed E-state index contributed by atoms with van der Waals surface area (Å²) in [6.45, 7) is 14.5. The monoisotopic (exact) mass is 1100 g/mol. The van der Waals surface area contributed by atoms with Crippen LogP contribution in [-0.2, 0) is 27.1 Å². The maximum absolute atomic E-state index is 12.7. The van der Waals surface area contributed by atoms with E-state index in [0.717, 1.165) is 122 Å². The number of hydrogen-bond donors (Lipinski definition) is 7. The van der Waals surface area contributed by atoms with Gasteiger partial charge in [-0.1, -0.05) is 24.3 Å². The molecule has 12 rings (SSSR count). The van der Waals surface area contributed by atoms with Gasteiger partial charge in [-0.2, -0.15) is 0 Å². The Morgan fingerprint density at radius 2 is 0.988 bits per heavy atom. The Labute approximate surface area is 470 Å². The molecule has 81 heavy (non-hydrogen) atoms. The molecule has 0 aliphatic carbocycles. The van der Waals surface area contributed by atoms with Crippen LogP contribution >= 0.6 is 0 Å². The van der Waals surface area contributed by atoms with Crippen molar-refractivity contribution in [3.05, 3.63) is 132 Å². The normalized spacial score (nSPS) is 16.6. The van der Waals surface area contributed by atoms with Crippen LogP contribution in [0.4, 0.5) is 71.8 Å². The molecule has 4 saturated heterocycles. The van der Waals surface area contributed by atoms with Gasteiger partial charge in [0.25, 0.3) is 0 Å². The Bertz CT molecular complexity index is 3260. The zero-order valence-corrected chi connectivity index (χ0v) is 45.9. The van der Waals surface area contributed by atoms with Gasteiger partial charge in [-0.3, -0.25) is 10.6 Å². The summed E-state index contributed by atoms with van der Waals surface area (Å²) in [5.74, 6) is 2.76. The smallest absolute Gasteiger partial charge is 0.407 e. The molecule has 23 nitrogen and oxygen atoms in total. The van der Waals surface area contributed by atoms with E-state index in [2.05, 4.69) is 66.1 Å². The number of aliphatic hydroxyl groups excluding tert-OH is 1. The summed E-state index contributed by atoms with van der Waals surface area (Å²) in [5.41, 5.74) is 16.8. The van der Waals surface area contributed by atoms with Crippen LogP contribution < -0.4 is 51.9 Å². The van der Waals surface area contributed by atoms with Gasteiger partial charge in [0.1, 0.15) is 28.6 Å². The van der Waals surface area contributed by atoms with Crippen LogP contribution in [0, 0.1) is 0 Å². The molecule has 0 radical (unpaired) electrons. The Balaban J connectivity index is 0.000000179. The van der Waals surface area contributed by atoms with Crippen LogP contribution in [0.5, 0.6) is 0 Å². The molecule has 6 aromatic rings. The highest BCUT2D eigenvalue weighted by Gasteiger charge is 2.31. The average Bonchev–Trinajstić information content (AvgIpc) is 4.36. The fraction of sp³-hybridized carbons (Fsp3) is 0.362. The number of urea groups is 2. The lowest BCUT2D eigenvalue weighted by Gasteiger charge is -2.41. The number of carbonyl (C=O) groups excluding carboxylic acids is 3. The summed E-state index contributed by atoms with van der Waals surface area (Å²) in [6.07, 6.45) is 8.11. The zero-order valence-electron chi connectivity index (χ0n) is 45.9. The van der Waals surface area contributed by atoms with Crippen LogP contribution in [0.1, 0.15) is 43.0 Å². The number of aliphatic imine (C=N–C) groups is 2. The first-order valence-corrected chi connectivity index (χ1v) is 27.1. The van der Waals surface area contributed by atoms with Crippen molar-refractivity contribution in [2.75, 3.05) is 127 Å². The van der Waals surface area contributed by atoms with Gasteiger partial charge in [0.2, 0.25) is 0 Å². The summed E-state index contributed by atoms with van der Waals surface area (Å²) in [6, 6.07) is 26.4. The molecule has 5 amide bonds. The fourth-order valence-electron chi connectivity index (χ4n) is 9.94. The number of benzene rings is 2. The van der Waals surface area contributed by atoms with Crippen LogP contribution in [0.15, 0.2) is 120 Å². The number of anilines is 8. The molecule has 4 fully saturated rings. The predicted molar refractivity (Wildman–Crippen MR) is 315 cm³/mol. The number of nitrogens with zero attached hydrogens (tertiary/aromatic N) is 10. The van der Waals surface area contributed by atoms with Gasteiger partial charge in [0.05, 0.1) is 43.9 Å². The van der Waals surface area contributed by atoms with Crippen molar-refractivity contribution in [3.63, 3.8) is 0 Å². The summed E-state index contributed by atoms with van der Waals surface area (Å²) in [5, 5.41) is 21.2. The van der Waals surface area contributed by atoms with Gasteiger partial charge in [0.15, 0.2) is 11.6 Å². The Hall–Kier alpha value is -8.77. The quantitative estimate of drug-likeness (QED) is 0.0708. The molecule has 0 bridgehead atoms. The topological polar surface area (TPSA) is 275 Å². The average molecular weight is 1100 g/mol. The first kappa shape index (κ1) is 55.5. The number of ether oxygens (including phenoxy) is 3. The SMILES string of the molecule is CC(C)(C)OC(=O)NC1CN(c2ccnc(NC(=O)Nc3ccc(C4=Nc5c(ccnc5N5CCOCC5)C4)cc3)c2)C1.CO.NC1CN(c2ccnc(NC(=O)Nc3ccc(C4=Nc5c(ccnc5N5CCOCC5)C4)cc3)c2)C1. The number of hydrogen-bond acceptors (Lipinski definition) is 18. The highest BCUT2D eigenvalue weighted by atomic mass is 16.6. The third-order valence-electron chi connectivity index (χ3n) is 14.0. The summed E-state index contributed by atoms with van der Waals surface area (Å²) >= 11 is 0. The summed E-state index contributed by atoms with van der Waals surface area (Å²) < 4.78 is 16.3. The van der Waals surface area contributed by atoms with Crippen LogP contribution in [0.25, 0.3) is 0 Å². The number of amides is 5. The molecule has 23 heteroatoms. The van der Waals surface area contributed by atoms with Gasteiger partial charge in [-0.05, 0) is 91.6 Å². The lowest BCUT2D eigenvalue weighted by molar-refractivity contribution is 0.0496. The second-order valence-corrected chi connectivity index (χ2v) is 21.0. The van der Waals surface area contributed by atoms with E-state index >= 15 is 0 Å². The van der Waals surface area contributed by atoms with Gasteiger partial charge < -0.3 is 60.6 Å². The Morgan fingerprint density at radius 3 is 1.41 bits per heavy atom. The van der Waals surface area contributed by atoms with Gasteiger partial charge >= 0.3 is 18.2 Å². The molecule has 0 spiro atoms.